The highest BCUT2D eigenvalue weighted by molar-refractivity contribution is 7.92. The Labute approximate surface area is 166 Å². The third kappa shape index (κ3) is 4.40. The number of ether oxygens (including phenoxy) is 1. The van der Waals surface area contributed by atoms with Gasteiger partial charge in [0.25, 0.3) is 10.0 Å². The van der Waals surface area contributed by atoms with E-state index in [4.69, 9.17) is 0 Å². The number of hydrogen-bond acceptors (Lipinski definition) is 5. The zero-order valence-corrected chi connectivity index (χ0v) is 16.1. The summed E-state index contributed by atoms with van der Waals surface area (Å²) >= 11 is 0. The number of sulfonamides is 1. The Morgan fingerprint density at radius 2 is 1.90 bits per heavy atom. The third-order valence-electron chi connectivity index (χ3n) is 4.11. The van der Waals surface area contributed by atoms with Crippen LogP contribution in [0.4, 0.5) is 14.5 Å². The Hall–Kier alpha value is -3.33. The Kier molecular flexibility index (Phi) is 5.88. The summed E-state index contributed by atoms with van der Waals surface area (Å²) in [6.45, 7) is -0.423. The van der Waals surface area contributed by atoms with E-state index >= 15 is 0 Å². The summed E-state index contributed by atoms with van der Waals surface area (Å²) in [5.41, 5.74) is 0.000786. The molecule has 0 N–H and O–H groups in total. The molecule has 6 nitrogen and oxygen atoms in total. The molecule has 0 saturated carbocycles. The minimum atomic E-state index is -4.17. The van der Waals surface area contributed by atoms with Gasteiger partial charge < -0.3 is 4.74 Å². The summed E-state index contributed by atoms with van der Waals surface area (Å²) in [6, 6.07) is 11.3. The van der Waals surface area contributed by atoms with Crippen LogP contribution in [0.5, 0.6) is 0 Å². The van der Waals surface area contributed by atoms with Gasteiger partial charge >= 0.3 is 5.97 Å². The Morgan fingerprint density at radius 3 is 2.52 bits per heavy atom. The second kappa shape index (κ2) is 8.36. The molecule has 3 aromatic rings. The molecule has 0 amide bonds. The molecule has 0 fully saturated rings. The predicted molar refractivity (Wildman–Crippen MR) is 102 cm³/mol. The molecular formula is C20H16F2N2O4S. The Bertz CT molecular complexity index is 1140. The van der Waals surface area contributed by atoms with Crippen molar-refractivity contribution in [1.82, 2.24) is 4.98 Å². The molecule has 0 radical (unpaired) electrons. The van der Waals surface area contributed by atoms with Gasteiger partial charge in [0.05, 0.1) is 24.9 Å². The van der Waals surface area contributed by atoms with Gasteiger partial charge in [0, 0.05) is 18.0 Å². The van der Waals surface area contributed by atoms with Gasteiger partial charge in [-0.05, 0) is 42.5 Å². The molecule has 9 heteroatoms. The maximum absolute atomic E-state index is 14.6. The van der Waals surface area contributed by atoms with Crippen molar-refractivity contribution in [2.45, 2.75) is 11.4 Å². The molecule has 0 saturated heterocycles. The van der Waals surface area contributed by atoms with Crippen LogP contribution in [-0.4, -0.2) is 26.5 Å². The van der Waals surface area contributed by atoms with Crippen molar-refractivity contribution in [3.63, 3.8) is 0 Å². The van der Waals surface area contributed by atoms with Crippen LogP contribution in [0.15, 0.2) is 71.9 Å². The van der Waals surface area contributed by atoms with E-state index in [0.29, 0.717) is 0 Å². The molecule has 0 aliphatic heterocycles. The Balaban J connectivity index is 2.07. The minimum Gasteiger partial charge on any atom is -0.465 e. The molecule has 150 valence electrons. The second-order valence-electron chi connectivity index (χ2n) is 5.98. The molecule has 0 aliphatic carbocycles. The van der Waals surface area contributed by atoms with Crippen LogP contribution < -0.4 is 4.31 Å². The average Bonchev–Trinajstić information content (AvgIpc) is 2.72. The van der Waals surface area contributed by atoms with E-state index in [9.17, 15) is 22.0 Å². The quantitative estimate of drug-likeness (QED) is 0.573. The van der Waals surface area contributed by atoms with Crippen LogP contribution in [0.1, 0.15) is 15.9 Å². The van der Waals surface area contributed by atoms with Crippen LogP contribution in [0.2, 0.25) is 0 Å². The first-order valence-corrected chi connectivity index (χ1v) is 9.82. The summed E-state index contributed by atoms with van der Waals surface area (Å²) < 4.78 is 60.1. The first-order valence-electron chi connectivity index (χ1n) is 8.38. The van der Waals surface area contributed by atoms with E-state index in [1.807, 2.05) is 0 Å². The third-order valence-corrected chi connectivity index (χ3v) is 5.86. The van der Waals surface area contributed by atoms with Crippen molar-refractivity contribution in [3.8, 4) is 0 Å². The molecule has 3 rings (SSSR count). The van der Waals surface area contributed by atoms with E-state index in [1.54, 1.807) is 0 Å². The van der Waals surface area contributed by atoms with E-state index in [2.05, 4.69) is 9.72 Å². The summed E-state index contributed by atoms with van der Waals surface area (Å²) in [6.07, 6.45) is 2.56. The molecule has 0 unspecified atom stereocenters. The van der Waals surface area contributed by atoms with Crippen molar-refractivity contribution < 1.29 is 26.7 Å². The smallest absolute Gasteiger partial charge is 0.337 e. The molecule has 1 heterocycles. The molecule has 29 heavy (non-hydrogen) atoms. The highest BCUT2D eigenvalue weighted by Gasteiger charge is 2.27. The zero-order valence-electron chi connectivity index (χ0n) is 15.2. The van der Waals surface area contributed by atoms with Gasteiger partial charge in [0.1, 0.15) is 16.5 Å². The number of carbonyl (C=O) groups is 1. The lowest BCUT2D eigenvalue weighted by atomic mass is 10.1. The van der Waals surface area contributed by atoms with Gasteiger partial charge in [-0.25, -0.2) is 22.0 Å². The van der Waals surface area contributed by atoms with Gasteiger partial charge in [-0.2, -0.15) is 0 Å². The number of methoxy groups -OCH3 is 1. The van der Waals surface area contributed by atoms with E-state index < -0.39 is 34.2 Å². The lowest BCUT2D eigenvalue weighted by Crippen LogP contribution is -2.31. The number of rotatable bonds is 6. The van der Waals surface area contributed by atoms with Crippen molar-refractivity contribution in [2.75, 3.05) is 11.4 Å². The number of nitrogens with zero attached hydrogens (tertiary/aromatic N) is 2. The maximum atomic E-state index is 14.6. The van der Waals surface area contributed by atoms with Crippen LogP contribution in [-0.2, 0) is 21.3 Å². The number of anilines is 1. The molecule has 0 atom stereocenters. The van der Waals surface area contributed by atoms with Crippen LogP contribution >= 0.6 is 0 Å². The van der Waals surface area contributed by atoms with Crippen molar-refractivity contribution >= 4 is 21.7 Å². The van der Waals surface area contributed by atoms with Crippen LogP contribution in [0.25, 0.3) is 0 Å². The van der Waals surface area contributed by atoms with E-state index in [1.165, 1.54) is 55.8 Å². The highest BCUT2D eigenvalue weighted by atomic mass is 32.2. The zero-order chi connectivity index (χ0) is 21.0. The van der Waals surface area contributed by atoms with Gasteiger partial charge in [0.15, 0.2) is 0 Å². The van der Waals surface area contributed by atoms with Crippen molar-refractivity contribution in [2.24, 2.45) is 0 Å². The number of aromatic nitrogens is 1. The lowest BCUT2D eigenvalue weighted by molar-refractivity contribution is 0.0600. The molecule has 0 aliphatic rings. The predicted octanol–water partition coefficient (Wildman–Crippen LogP) is 3.54. The fraction of sp³-hybridized carbons (Fsp3) is 0.100. The fourth-order valence-electron chi connectivity index (χ4n) is 2.65. The minimum absolute atomic E-state index is 0.00520. The SMILES string of the molecule is COC(=O)c1ccc(CN(c2cccc(F)c2)S(=O)(=O)c2cccnc2)c(F)c1. The van der Waals surface area contributed by atoms with Gasteiger partial charge in [-0.1, -0.05) is 12.1 Å². The number of pyridine rings is 1. The number of esters is 1. The lowest BCUT2D eigenvalue weighted by Gasteiger charge is -2.25. The average molecular weight is 418 g/mol. The summed E-state index contributed by atoms with van der Waals surface area (Å²) in [5, 5.41) is 0. The molecule has 0 spiro atoms. The van der Waals surface area contributed by atoms with E-state index in [0.717, 1.165) is 22.6 Å². The highest BCUT2D eigenvalue weighted by Crippen LogP contribution is 2.27. The molecule has 2 aromatic carbocycles. The molecule has 0 bridgehead atoms. The first-order chi connectivity index (χ1) is 13.8. The second-order valence-corrected chi connectivity index (χ2v) is 7.84. The van der Waals surface area contributed by atoms with Crippen LogP contribution in [0.3, 0.4) is 0 Å². The van der Waals surface area contributed by atoms with Crippen molar-refractivity contribution in [1.29, 1.82) is 0 Å². The number of hydrogen-bond donors (Lipinski definition) is 0. The number of benzene rings is 2. The van der Waals surface area contributed by atoms with Gasteiger partial charge in [-0.3, -0.25) is 9.29 Å². The van der Waals surface area contributed by atoms with Crippen molar-refractivity contribution in [3.05, 3.63) is 89.8 Å². The maximum Gasteiger partial charge on any atom is 0.337 e. The molecular weight excluding hydrogens is 402 g/mol. The van der Waals surface area contributed by atoms with Gasteiger partial charge in [-0.15, -0.1) is 0 Å². The summed E-state index contributed by atoms with van der Waals surface area (Å²) in [7, 11) is -3.00. The van der Waals surface area contributed by atoms with E-state index in [-0.39, 0.29) is 21.7 Å². The molecule has 1 aromatic heterocycles. The standard InChI is InChI=1S/C20H16F2N2O4S/c1-28-20(25)14-7-8-15(19(22)10-14)13-24(17-5-2-4-16(21)11-17)29(26,27)18-6-3-9-23-12-18/h2-12H,13H2,1H3. The van der Waals surface area contributed by atoms with Gasteiger partial charge in [0.2, 0.25) is 0 Å². The summed E-state index contributed by atoms with van der Waals surface area (Å²) in [5.74, 6) is -2.16. The number of halogens is 2. The normalized spacial score (nSPS) is 11.1. The topological polar surface area (TPSA) is 76.6 Å². The summed E-state index contributed by atoms with van der Waals surface area (Å²) in [4.78, 5) is 15.2. The monoisotopic (exact) mass is 418 g/mol. The van der Waals surface area contributed by atoms with Crippen LogP contribution in [0, 0.1) is 11.6 Å². The fourth-order valence-corrected chi connectivity index (χ4v) is 4.05. The Morgan fingerprint density at radius 1 is 1.10 bits per heavy atom. The first kappa shape index (κ1) is 20.4. The number of carbonyl (C=O) groups excluding carboxylic acids is 1. The largest absolute Gasteiger partial charge is 0.465 e.